The maximum Gasteiger partial charge on any atom is 0.225 e. The number of carbonyl (C=O) groups is 1. The largest absolute Gasteiger partial charge is 0.353 e. The van der Waals surface area contributed by atoms with E-state index in [4.69, 9.17) is 0 Å². The average Bonchev–Trinajstić information content (AvgIpc) is 2.39. The van der Waals surface area contributed by atoms with E-state index in [1.54, 1.807) is 0 Å². The van der Waals surface area contributed by atoms with Gasteiger partial charge in [-0.2, -0.15) is 0 Å². The summed E-state index contributed by atoms with van der Waals surface area (Å²) in [6, 6.07) is 11.1. The van der Waals surface area contributed by atoms with E-state index in [9.17, 15) is 4.79 Å². The Morgan fingerprint density at radius 2 is 1.63 bits per heavy atom. The summed E-state index contributed by atoms with van der Waals surface area (Å²) in [4.78, 5) is 12.0. The summed E-state index contributed by atoms with van der Waals surface area (Å²) < 4.78 is 0. The Bertz CT molecular complexity index is 411. The summed E-state index contributed by atoms with van der Waals surface area (Å²) in [7, 11) is 0. The lowest BCUT2D eigenvalue weighted by Gasteiger charge is -2.31. The fourth-order valence-electron chi connectivity index (χ4n) is 2.70. The lowest BCUT2D eigenvalue weighted by atomic mass is 9.81. The third-order valence-corrected chi connectivity index (χ3v) is 4.01. The molecule has 0 unspecified atom stereocenters. The van der Waals surface area contributed by atoms with Gasteiger partial charge in [0.05, 0.1) is 0 Å². The number of carbonyl (C=O) groups excluding carboxylic acids is 1. The van der Waals surface area contributed by atoms with E-state index >= 15 is 0 Å². The molecule has 1 aromatic carbocycles. The Balaban J connectivity index is 1.85. The average molecular weight is 259 g/mol. The second-order valence-electron chi connectivity index (χ2n) is 6.68. The van der Waals surface area contributed by atoms with Crippen molar-refractivity contribution < 1.29 is 4.79 Å². The van der Waals surface area contributed by atoms with Crippen LogP contribution < -0.4 is 5.32 Å². The van der Waals surface area contributed by atoms with Crippen molar-refractivity contribution in [1.82, 2.24) is 5.32 Å². The molecule has 0 radical (unpaired) electrons. The van der Waals surface area contributed by atoms with Crippen LogP contribution >= 0.6 is 0 Å². The van der Waals surface area contributed by atoms with E-state index in [2.05, 4.69) is 35.6 Å². The van der Waals surface area contributed by atoms with Gasteiger partial charge in [0, 0.05) is 11.5 Å². The molecule has 1 N–H and O–H groups in total. The van der Waals surface area contributed by atoms with E-state index in [1.807, 2.05) is 20.8 Å². The van der Waals surface area contributed by atoms with Crippen LogP contribution in [0.25, 0.3) is 0 Å². The van der Waals surface area contributed by atoms with Crippen molar-refractivity contribution in [3.05, 3.63) is 35.9 Å². The topological polar surface area (TPSA) is 29.1 Å². The molecule has 0 aromatic heterocycles. The predicted octanol–water partition coefficient (Wildman–Crippen LogP) is 3.88. The van der Waals surface area contributed by atoms with Crippen molar-refractivity contribution >= 4 is 5.91 Å². The van der Waals surface area contributed by atoms with Crippen molar-refractivity contribution in [2.24, 2.45) is 5.41 Å². The number of hydrogen-bond donors (Lipinski definition) is 1. The van der Waals surface area contributed by atoms with Gasteiger partial charge in [0.15, 0.2) is 0 Å². The summed E-state index contributed by atoms with van der Waals surface area (Å²) in [6.07, 6.45) is 4.56. The van der Waals surface area contributed by atoms with Crippen molar-refractivity contribution in [3.63, 3.8) is 0 Å². The smallest absolute Gasteiger partial charge is 0.225 e. The quantitative estimate of drug-likeness (QED) is 0.858. The first kappa shape index (κ1) is 14.1. The SMILES string of the molecule is CC(C)(C)C(=O)NC1CCC(c2ccccc2)CC1. The van der Waals surface area contributed by atoms with Crippen LogP contribution in [0.1, 0.15) is 57.9 Å². The minimum Gasteiger partial charge on any atom is -0.353 e. The molecule has 0 aliphatic heterocycles. The molecule has 2 heteroatoms. The van der Waals surface area contributed by atoms with Gasteiger partial charge in [-0.05, 0) is 37.2 Å². The standard InChI is InChI=1S/C17H25NO/c1-17(2,3)16(19)18-15-11-9-14(10-12-15)13-7-5-4-6-8-13/h4-8,14-15H,9-12H2,1-3H3,(H,18,19). The Kier molecular flexibility index (Phi) is 4.28. The molecule has 1 aliphatic carbocycles. The Hall–Kier alpha value is -1.31. The van der Waals surface area contributed by atoms with Gasteiger partial charge >= 0.3 is 0 Å². The molecule has 1 saturated carbocycles. The van der Waals surface area contributed by atoms with Crippen LogP contribution in [0.5, 0.6) is 0 Å². The van der Waals surface area contributed by atoms with Crippen LogP contribution in [0, 0.1) is 5.41 Å². The molecule has 0 spiro atoms. The van der Waals surface area contributed by atoms with Crippen molar-refractivity contribution in [2.45, 2.75) is 58.4 Å². The van der Waals surface area contributed by atoms with Crippen LogP contribution in [-0.2, 0) is 4.79 Å². The highest BCUT2D eigenvalue weighted by Crippen LogP contribution is 2.33. The normalized spacial score (nSPS) is 23.9. The first-order valence-electron chi connectivity index (χ1n) is 7.33. The van der Waals surface area contributed by atoms with Crippen LogP contribution in [0.15, 0.2) is 30.3 Å². The van der Waals surface area contributed by atoms with E-state index in [0.29, 0.717) is 12.0 Å². The number of rotatable bonds is 2. The molecule has 0 bridgehead atoms. The van der Waals surface area contributed by atoms with Crippen LogP contribution in [0.4, 0.5) is 0 Å². The van der Waals surface area contributed by atoms with Gasteiger partial charge in [-0.15, -0.1) is 0 Å². The molecule has 1 fully saturated rings. The number of nitrogens with one attached hydrogen (secondary N) is 1. The van der Waals surface area contributed by atoms with E-state index in [1.165, 1.54) is 18.4 Å². The molecule has 1 aliphatic rings. The third kappa shape index (κ3) is 3.82. The second-order valence-corrected chi connectivity index (χ2v) is 6.68. The number of hydrogen-bond acceptors (Lipinski definition) is 1. The minimum atomic E-state index is -0.281. The highest BCUT2D eigenvalue weighted by atomic mass is 16.2. The molecule has 2 rings (SSSR count). The summed E-state index contributed by atoms with van der Waals surface area (Å²) in [5.41, 5.74) is 1.17. The van der Waals surface area contributed by atoms with Crippen LogP contribution in [0.2, 0.25) is 0 Å². The van der Waals surface area contributed by atoms with E-state index in [0.717, 1.165) is 12.8 Å². The van der Waals surface area contributed by atoms with E-state index in [-0.39, 0.29) is 11.3 Å². The van der Waals surface area contributed by atoms with Gasteiger partial charge in [-0.25, -0.2) is 0 Å². The number of benzene rings is 1. The number of amides is 1. The molecule has 0 saturated heterocycles. The monoisotopic (exact) mass is 259 g/mol. The molecule has 0 atom stereocenters. The Labute approximate surface area is 116 Å². The molecular formula is C17H25NO. The molecule has 1 amide bonds. The Morgan fingerprint density at radius 1 is 1.05 bits per heavy atom. The molecule has 1 aromatic rings. The zero-order valence-corrected chi connectivity index (χ0v) is 12.3. The molecular weight excluding hydrogens is 234 g/mol. The lowest BCUT2D eigenvalue weighted by Crippen LogP contribution is -2.43. The van der Waals surface area contributed by atoms with Gasteiger partial charge in [0.25, 0.3) is 0 Å². The maximum atomic E-state index is 12.0. The summed E-state index contributed by atoms with van der Waals surface area (Å²) in [5, 5.41) is 3.19. The van der Waals surface area contributed by atoms with Crippen molar-refractivity contribution in [1.29, 1.82) is 0 Å². The van der Waals surface area contributed by atoms with Crippen molar-refractivity contribution in [2.75, 3.05) is 0 Å². The first-order valence-corrected chi connectivity index (χ1v) is 7.33. The van der Waals surface area contributed by atoms with Crippen LogP contribution in [0.3, 0.4) is 0 Å². The summed E-state index contributed by atoms with van der Waals surface area (Å²) in [6.45, 7) is 5.91. The molecule has 19 heavy (non-hydrogen) atoms. The van der Waals surface area contributed by atoms with Gasteiger partial charge in [-0.3, -0.25) is 4.79 Å². The predicted molar refractivity (Wildman–Crippen MR) is 79.0 cm³/mol. The summed E-state index contributed by atoms with van der Waals surface area (Å²) >= 11 is 0. The highest BCUT2D eigenvalue weighted by Gasteiger charge is 2.27. The molecule has 0 heterocycles. The highest BCUT2D eigenvalue weighted by molar-refractivity contribution is 5.81. The Morgan fingerprint density at radius 3 is 2.16 bits per heavy atom. The van der Waals surface area contributed by atoms with Gasteiger partial charge in [-0.1, -0.05) is 51.1 Å². The fourth-order valence-corrected chi connectivity index (χ4v) is 2.70. The second kappa shape index (κ2) is 5.77. The zero-order valence-electron chi connectivity index (χ0n) is 12.3. The zero-order chi connectivity index (χ0) is 13.9. The lowest BCUT2D eigenvalue weighted by molar-refractivity contribution is -0.129. The van der Waals surface area contributed by atoms with Crippen molar-refractivity contribution in [3.8, 4) is 0 Å². The van der Waals surface area contributed by atoms with Gasteiger partial charge in [0.1, 0.15) is 0 Å². The molecule has 2 nitrogen and oxygen atoms in total. The fraction of sp³-hybridized carbons (Fsp3) is 0.588. The maximum absolute atomic E-state index is 12.0. The van der Waals surface area contributed by atoms with Crippen LogP contribution in [-0.4, -0.2) is 11.9 Å². The van der Waals surface area contributed by atoms with Gasteiger partial charge in [0.2, 0.25) is 5.91 Å². The summed E-state index contributed by atoms with van der Waals surface area (Å²) in [5.74, 6) is 0.847. The first-order chi connectivity index (χ1) is 8.97. The molecule has 104 valence electrons. The van der Waals surface area contributed by atoms with Gasteiger partial charge < -0.3 is 5.32 Å². The minimum absolute atomic E-state index is 0.177. The van der Waals surface area contributed by atoms with E-state index < -0.39 is 0 Å². The third-order valence-electron chi connectivity index (χ3n) is 4.01.